The first-order valence-electron chi connectivity index (χ1n) is 6.02. The quantitative estimate of drug-likeness (QED) is 0.781. The average Bonchev–Trinajstić information content (AvgIpc) is 2.93. The molecular formula is C13H13BrN6. The number of aryl methyl sites for hydroxylation is 2. The molecule has 3 aromatic rings. The van der Waals surface area contributed by atoms with Crippen LogP contribution in [0.4, 0.5) is 5.69 Å². The second-order valence-electron chi connectivity index (χ2n) is 4.51. The minimum Gasteiger partial charge on any atom is -0.396 e. The Morgan fingerprint density at radius 1 is 1.20 bits per heavy atom. The highest BCUT2D eigenvalue weighted by Crippen LogP contribution is 2.27. The number of nitrogen functional groups attached to an aromatic ring is 1. The standard InChI is InChI=1S/C13H13BrN6/c1-8-10(6-19(2)17-8)13-11(15)7-20(18-13)12-4-3-9(14)5-16-12/h3-7H,15H2,1-2H3. The molecule has 2 N–H and O–H groups in total. The van der Waals surface area contributed by atoms with Gasteiger partial charge in [-0.1, -0.05) is 0 Å². The maximum atomic E-state index is 6.06. The number of halogens is 1. The smallest absolute Gasteiger partial charge is 0.153 e. The van der Waals surface area contributed by atoms with Gasteiger partial charge in [-0.25, -0.2) is 9.67 Å². The lowest BCUT2D eigenvalue weighted by Gasteiger charge is -1.99. The molecular weight excluding hydrogens is 320 g/mol. The number of rotatable bonds is 2. The van der Waals surface area contributed by atoms with E-state index in [9.17, 15) is 0 Å². The first kappa shape index (κ1) is 12.9. The molecule has 0 aliphatic heterocycles. The maximum absolute atomic E-state index is 6.06. The van der Waals surface area contributed by atoms with E-state index in [-0.39, 0.29) is 0 Å². The molecule has 0 aliphatic rings. The minimum atomic E-state index is 0.603. The van der Waals surface area contributed by atoms with Crippen molar-refractivity contribution in [1.82, 2.24) is 24.5 Å². The van der Waals surface area contributed by atoms with Gasteiger partial charge in [0.15, 0.2) is 5.82 Å². The van der Waals surface area contributed by atoms with Gasteiger partial charge in [-0.05, 0) is 35.0 Å². The van der Waals surface area contributed by atoms with Crippen molar-refractivity contribution >= 4 is 21.6 Å². The predicted octanol–water partition coefficient (Wildman–Crippen LogP) is 2.32. The van der Waals surface area contributed by atoms with Crippen molar-refractivity contribution in [2.75, 3.05) is 5.73 Å². The predicted molar refractivity (Wildman–Crippen MR) is 80.4 cm³/mol. The third kappa shape index (κ3) is 2.20. The number of hydrogen-bond acceptors (Lipinski definition) is 4. The molecule has 0 bridgehead atoms. The zero-order valence-corrected chi connectivity index (χ0v) is 12.7. The van der Waals surface area contributed by atoms with Crippen molar-refractivity contribution in [1.29, 1.82) is 0 Å². The summed E-state index contributed by atoms with van der Waals surface area (Å²) in [5.74, 6) is 0.715. The third-order valence-corrected chi connectivity index (χ3v) is 3.43. The van der Waals surface area contributed by atoms with Crippen LogP contribution in [0.15, 0.2) is 35.2 Å². The summed E-state index contributed by atoms with van der Waals surface area (Å²) < 4.78 is 4.34. The van der Waals surface area contributed by atoms with E-state index < -0.39 is 0 Å². The monoisotopic (exact) mass is 332 g/mol. The second-order valence-corrected chi connectivity index (χ2v) is 5.43. The summed E-state index contributed by atoms with van der Waals surface area (Å²) in [6.45, 7) is 1.94. The van der Waals surface area contributed by atoms with Crippen LogP contribution in [0.3, 0.4) is 0 Å². The molecule has 0 saturated heterocycles. The van der Waals surface area contributed by atoms with Crippen molar-refractivity contribution in [3.63, 3.8) is 0 Å². The highest BCUT2D eigenvalue weighted by atomic mass is 79.9. The first-order chi connectivity index (χ1) is 9.54. The molecule has 0 aromatic carbocycles. The zero-order chi connectivity index (χ0) is 14.3. The van der Waals surface area contributed by atoms with Gasteiger partial charge in [0, 0.05) is 29.5 Å². The van der Waals surface area contributed by atoms with E-state index in [1.165, 1.54) is 0 Å². The van der Waals surface area contributed by atoms with Crippen LogP contribution in [0.5, 0.6) is 0 Å². The second kappa shape index (κ2) is 4.75. The molecule has 0 aliphatic carbocycles. The van der Waals surface area contributed by atoms with E-state index in [0.717, 1.165) is 21.4 Å². The molecule has 3 aromatic heterocycles. The number of hydrogen-bond donors (Lipinski definition) is 1. The van der Waals surface area contributed by atoms with E-state index in [2.05, 4.69) is 31.1 Å². The van der Waals surface area contributed by atoms with E-state index in [4.69, 9.17) is 5.73 Å². The lowest BCUT2D eigenvalue weighted by molar-refractivity contribution is 0.756. The fraction of sp³-hybridized carbons (Fsp3) is 0.154. The van der Waals surface area contributed by atoms with Crippen molar-refractivity contribution in [3.8, 4) is 17.1 Å². The van der Waals surface area contributed by atoms with Gasteiger partial charge >= 0.3 is 0 Å². The van der Waals surface area contributed by atoms with Gasteiger partial charge in [0.2, 0.25) is 0 Å². The molecule has 0 radical (unpaired) electrons. The molecule has 0 amide bonds. The fourth-order valence-corrected chi connectivity index (χ4v) is 2.28. The fourth-order valence-electron chi connectivity index (χ4n) is 2.05. The van der Waals surface area contributed by atoms with Gasteiger partial charge in [-0.3, -0.25) is 4.68 Å². The van der Waals surface area contributed by atoms with Crippen molar-refractivity contribution < 1.29 is 0 Å². The molecule has 0 saturated carbocycles. The van der Waals surface area contributed by atoms with Crippen LogP contribution in [0.1, 0.15) is 5.69 Å². The average molecular weight is 333 g/mol. The topological polar surface area (TPSA) is 74.5 Å². The van der Waals surface area contributed by atoms with Gasteiger partial charge in [-0.2, -0.15) is 10.2 Å². The summed E-state index contributed by atoms with van der Waals surface area (Å²) >= 11 is 3.36. The molecule has 3 heterocycles. The minimum absolute atomic E-state index is 0.603. The molecule has 6 nitrogen and oxygen atoms in total. The zero-order valence-electron chi connectivity index (χ0n) is 11.1. The number of aromatic nitrogens is 5. The Labute approximate surface area is 124 Å². The lowest BCUT2D eigenvalue weighted by atomic mass is 10.2. The molecule has 3 rings (SSSR count). The van der Waals surface area contributed by atoms with Crippen LogP contribution in [0.2, 0.25) is 0 Å². The lowest BCUT2D eigenvalue weighted by Crippen LogP contribution is -1.97. The van der Waals surface area contributed by atoms with Crippen LogP contribution >= 0.6 is 15.9 Å². The third-order valence-electron chi connectivity index (χ3n) is 2.96. The molecule has 0 unspecified atom stereocenters. The van der Waals surface area contributed by atoms with Crippen LogP contribution in [0, 0.1) is 6.92 Å². The molecule has 7 heteroatoms. The van der Waals surface area contributed by atoms with Crippen LogP contribution < -0.4 is 5.73 Å². The van der Waals surface area contributed by atoms with E-state index in [1.807, 2.05) is 32.3 Å². The molecule has 0 spiro atoms. The maximum Gasteiger partial charge on any atom is 0.153 e. The highest BCUT2D eigenvalue weighted by molar-refractivity contribution is 9.10. The van der Waals surface area contributed by atoms with Crippen LogP contribution in [-0.4, -0.2) is 24.5 Å². The Kier molecular flexibility index (Phi) is 3.06. The molecule has 0 atom stereocenters. The number of anilines is 1. The van der Waals surface area contributed by atoms with Crippen molar-refractivity contribution in [2.45, 2.75) is 6.92 Å². The molecule has 20 heavy (non-hydrogen) atoms. The number of pyridine rings is 1. The Bertz CT molecular complexity index is 756. The Balaban J connectivity index is 2.07. The SMILES string of the molecule is Cc1nn(C)cc1-c1nn(-c2ccc(Br)cn2)cc1N. The largest absolute Gasteiger partial charge is 0.396 e. The van der Waals surface area contributed by atoms with Crippen molar-refractivity contribution in [2.24, 2.45) is 7.05 Å². The Morgan fingerprint density at radius 3 is 2.60 bits per heavy atom. The molecule has 102 valence electrons. The van der Waals surface area contributed by atoms with Gasteiger partial charge in [0.1, 0.15) is 5.69 Å². The summed E-state index contributed by atoms with van der Waals surface area (Å²) in [6, 6.07) is 3.78. The summed E-state index contributed by atoms with van der Waals surface area (Å²) in [7, 11) is 1.87. The van der Waals surface area contributed by atoms with E-state index in [1.54, 1.807) is 21.8 Å². The van der Waals surface area contributed by atoms with Gasteiger partial charge in [-0.15, -0.1) is 0 Å². The van der Waals surface area contributed by atoms with Crippen LogP contribution in [-0.2, 0) is 7.05 Å². The van der Waals surface area contributed by atoms with Crippen LogP contribution in [0.25, 0.3) is 17.1 Å². The summed E-state index contributed by atoms with van der Waals surface area (Å²) in [5, 5.41) is 8.83. The van der Waals surface area contributed by atoms with E-state index in [0.29, 0.717) is 11.5 Å². The summed E-state index contributed by atoms with van der Waals surface area (Å²) in [4.78, 5) is 4.30. The normalized spacial score (nSPS) is 10.9. The van der Waals surface area contributed by atoms with E-state index >= 15 is 0 Å². The summed E-state index contributed by atoms with van der Waals surface area (Å²) in [6.07, 6.45) is 5.40. The van der Waals surface area contributed by atoms with Gasteiger partial charge < -0.3 is 5.73 Å². The summed E-state index contributed by atoms with van der Waals surface area (Å²) in [5.41, 5.74) is 9.21. The van der Waals surface area contributed by atoms with Crippen molar-refractivity contribution in [3.05, 3.63) is 40.9 Å². The molecule has 0 fully saturated rings. The van der Waals surface area contributed by atoms with Gasteiger partial charge in [0.05, 0.1) is 17.6 Å². The highest BCUT2D eigenvalue weighted by Gasteiger charge is 2.14. The Hall–Kier alpha value is -2.15. The van der Waals surface area contributed by atoms with Gasteiger partial charge in [0.25, 0.3) is 0 Å². The number of nitrogens with two attached hydrogens (primary N) is 1. The number of nitrogens with zero attached hydrogens (tertiary/aromatic N) is 5. The first-order valence-corrected chi connectivity index (χ1v) is 6.81. The Morgan fingerprint density at radius 2 is 2.00 bits per heavy atom.